The minimum Gasteiger partial charge on any atom is -0.480 e. The Balaban J connectivity index is 1.91. The lowest BCUT2D eigenvalue weighted by atomic mass is 10.2. The van der Waals surface area contributed by atoms with Crippen LogP contribution in [-0.4, -0.2) is 23.3 Å². The molecule has 0 aliphatic rings. The summed E-state index contributed by atoms with van der Waals surface area (Å²) in [6, 6.07) is 9.81. The maximum Gasteiger partial charge on any atom is 0.372 e. The molecule has 0 aliphatic carbocycles. The van der Waals surface area contributed by atoms with E-state index in [1.54, 1.807) is 6.07 Å². The molecule has 0 aliphatic heterocycles. The SMILES string of the molecule is N/C(=N/OC(=O)COc1ccc(Cl)cc1Cl)c1ccc([N+](=O)[O-])cc1. The highest BCUT2D eigenvalue weighted by Gasteiger charge is 2.10. The highest BCUT2D eigenvalue weighted by atomic mass is 35.5. The van der Waals surface area contributed by atoms with Crippen LogP contribution in [0.1, 0.15) is 5.56 Å². The summed E-state index contributed by atoms with van der Waals surface area (Å²) in [6.45, 7) is -0.446. The summed E-state index contributed by atoms with van der Waals surface area (Å²) in [5, 5.41) is 14.7. The van der Waals surface area contributed by atoms with Crippen LogP contribution in [-0.2, 0) is 9.63 Å². The number of hydrogen-bond acceptors (Lipinski definition) is 6. The zero-order valence-electron chi connectivity index (χ0n) is 12.5. The topological polar surface area (TPSA) is 117 Å². The van der Waals surface area contributed by atoms with Crippen LogP contribution in [0.4, 0.5) is 5.69 Å². The lowest BCUT2D eigenvalue weighted by molar-refractivity contribution is -0.384. The number of rotatable bonds is 6. The average molecular weight is 384 g/mol. The Kier molecular flexibility index (Phi) is 6.15. The van der Waals surface area contributed by atoms with Crippen molar-refractivity contribution in [3.05, 3.63) is 68.2 Å². The molecule has 0 spiro atoms. The van der Waals surface area contributed by atoms with Crippen LogP contribution in [0.25, 0.3) is 0 Å². The van der Waals surface area contributed by atoms with Gasteiger partial charge < -0.3 is 15.3 Å². The number of amidine groups is 1. The standard InChI is InChI=1S/C15H11Cl2N3O5/c16-10-3-6-13(12(17)7-10)24-8-14(21)25-19-15(18)9-1-4-11(5-2-9)20(22)23/h1-7H,8H2,(H2,18,19). The van der Waals surface area contributed by atoms with Gasteiger partial charge in [0.2, 0.25) is 0 Å². The molecule has 2 rings (SSSR count). The monoisotopic (exact) mass is 383 g/mol. The second kappa shape index (κ2) is 8.32. The zero-order valence-corrected chi connectivity index (χ0v) is 14.0. The molecule has 0 amide bonds. The molecule has 8 nitrogen and oxygen atoms in total. The molecular formula is C15H11Cl2N3O5. The number of non-ortho nitro benzene ring substituents is 1. The van der Waals surface area contributed by atoms with Crippen LogP contribution in [0.3, 0.4) is 0 Å². The third-order valence-corrected chi connectivity index (χ3v) is 3.39. The molecule has 0 aromatic heterocycles. The molecule has 2 aromatic carbocycles. The molecule has 0 saturated heterocycles. The largest absolute Gasteiger partial charge is 0.480 e. The Labute approximate surface area is 151 Å². The first-order chi connectivity index (χ1) is 11.9. The number of carbonyl (C=O) groups excluding carboxylic acids is 1. The number of halogens is 2. The number of carbonyl (C=O) groups is 1. The van der Waals surface area contributed by atoms with E-state index in [2.05, 4.69) is 9.99 Å². The number of nitrogens with zero attached hydrogens (tertiary/aromatic N) is 2. The van der Waals surface area contributed by atoms with Crippen molar-refractivity contribution in [1.29, 1.82) is 0 Å². The van der Waals surface area contributed by atoms with Gasteiger partial charge in [-0.15, -0.1) is 0 Å². The van der Waals surface area contributed by atoms with Crippen molar-refractivity contribution >= 4 is 40.7 Å². The third kappa shape index (κ3) is 5.33. The van der Waals surface area contributed by atoms with Crippen molar-refractivity contribution in [1.82, 2.24) is 0 Å². The van der Waals surface area contributed by atoms with Crippen molar-refractivity contribution in [3.63, 3.8) is 0 Å². The molecule has 0 saturated carbocycles. The van der Waals surface area contributed by atoms with Crippen molar-refractivity contribution in [2.24, 2.45) is 10.9 Å². The Bertz CT molecular complexity index is 824. The summed E-state index contributed by atoms with van der Waals surface area (Å²) < 4.78 is 5.18. The quantitative estimate of drug-likeness (QED) is 0.269. The summed E-state index contributed by atoms with van der Waals surface area (Å²) in [5.74, 6) is -0.668. The van der Waals surface area contributed by atoms with Gasteiger partial charge in [-0.1, -0.05) is 28.4 Å². The first kappa shape index (κ1) is 18.5. The van der Waals surface area contributed by atoms with E-state index in [1.807, 2.05) is 0 Å². The summed E-state index contributed by atoms with van der Waals surface area (Å²) in [6.07, 6.45) is 0. The normalized spacial score (nSPS) is 11.0. The van der Waals surface area contributed by atoms with Gasteiger partial charge in [0.05, 0.1) is 9.95 Å². The number of oxime groups is 1. The van der Waals surface area contributed by atoms with Gasteiger partial charge in [0, 0.05) is 22.7 Å². The van der Waals surface area contributed by atoms with Gasteiger partial charge in [-0.25, -0.2) is 4.79 Å². The second-order valence-electron chi connectivity index (χ2n) is 4.61. The van der Waals surface area contributed by atoms with E-state index in [9.17, 15) is 14.9 Å². The van der Waals surface area contributed by atoms with E-state index in [1.165, 1.54) is 36.4 Å². The van der Waals surface area contributed by atoms with E-state index in [0.29, 0.717) is 10.6 Å². The van der Waals surface area contributed by atoms with Gasteiger partial charge in [-0.05, 0) is 30.3 Å². The lowest BCUT2D eigenvalue weighted by Crippen LogP contribution is -2.18. The summed E-state index contributed by atoms with van der Waals surface area (Å²) in [4.78, 5) is 26.3. The fourth-order valence-corrected chi connectivity index (χ4v) is 2.13. The molecule has 2 N–H and O–H groups in total. The van der Waals surface area contributed by atoms with Crippen LogP contribution < -0.4 is 10.5 Å². The van der Waals surface area contributed by atoms with Crippen LogP contribution in [0.2, 0.25) is 10.0 Å². The molecular weight excluding hydrogens is 373 g/mol. The summed E-state index contributed by atoms with van der Waals surface area (Å²) in [7, 11) is 0. The van der Waals surface area contributed by atoms with Gasteiger partial charge in [0.1, 0.15) is 5.75 Å². The minimum atomic E-state index is -0.809. The fraction of sp³-hybridized carbons (Fsp3) is 0.0667. The number of ether oxygens (including phenoxy) is 1. The molecule has 0 unspecified atom stereocenters. The predicted octanol–water partition coefficient (Wildman–Crippen LogP) is 3.14. The Morgan fingerprint density at radius 2 is 1.88 bits per heavy atom. The number of nitro benzene ring substituents is 1. The van der Waals surface area contributed by atoms with E-state index >= 15 is 0 Å². The zero-order chi connectivity index (χ0) is 18.4. The predicted molar refractivity (Wildman–Crippen MR) is 91.9 cm³/mol. The number of benzene rings is 2. The second-order valence-corrected chi connectivity index (χ2v) is 5.45. The van der Waals surface area contributed by atoms with E-state index in [-0.39, 0.29) is 22.3 Å². The van der Waals surface area contributed by atoms with Gasteiger partial charge in [0.25, 0.3) is 5.69 Å². The highest BCUT2D eigenvalue weighted by molar-refractivity contribution is 6.35. The molecule has 130 valence electrons. The van der Waals surface area contributed by atoms with Gasteiger partial charge in [0.15, 0.2) is 12.4 Å². The number of nitro groups is 1. The van der Waals surface area contributed by atoms with Crippen LogP contribution in [0.15, 0.2) is 47.6 Å². The summed E-state index contributed by atoms with van der Waals surface area (Å²) in [5.41, 5.74) is 5.91. The van der Waals surface area contributed by atoms with Gasteiger partial charge in [-0.2, -0.15) is 0 Å². The number of hydrogen-bond donors (Lipinski definition) is 1. The Morgan fingerprint density at radius 3 is 2.48 bits per heavy atom. The lowest BCUT2D eigenvalue weighted by Gasteiger charge is -2.06. The summed E-state index contributed by atoms with van der Waals surface area (Å²) >= 11 is 11.6. The molecule has 0 atom stereocenters. The van der Waals surface area contributed by atoms with E-state index in [0.717, 1.165) is 0 Å². The molecule has 0 bridgehead atoms. The molecule has 10 heteroatoms. The smallest absolute Gasteiger partial charge is 0.372 e. The van der Waals surface area contributed by atoms with Gasteiger partial charge in [-0.3, -0.25) is 10.1 Å². The van der Waals surface area contributed by atoms with Crippen molar-refractivity contribution in [2.75, 3.05) is 6.61 Å². The molecule has 0 radical (unpaired) electrons. The van der Waals surface area contributed by atoms with Crippen molar-refractivity contribution in [2.45, 2.75) is 0 Å². The maximum absolute atomic E-state index is 11.6. The van der Waals surface area contributed by atoms with E-state index in [4.69, 9.17) is 33.7 Å². The Morgan fingerprint density at radius 1 is 1.20 bits per heavy atom. The first-order valence-electron chi connectivity index (χ1n) is 6.73. The van der Waals surface area contributed by atoms with Crippen molar-refractivity contribution < 1.29 is 19.3 Å². The molecule has 25 heavy (non-hydrogen) atoms. The van der Waals surface area contributed by atoms with Gasteiger partial charge >= 0.3 is 5.97 Å². The fourth-order valence-electron chi connectivity index (χ4n) is 1.66. The molecule has 2 aromatic rings. The van der Waals surface area contributed by atoms with Crippen molar-refractivity contribution in [3.8, 4) is 5.75 Å². The van der Waals surface area contributed by atoms with Crippen LogP contribution in [0.5, 0.6) is 5.75 Å². The van der Waals surface area contributed by atoms with E-state index < -0.39 is 17.5 Å². The molecule has 0 fully saturated rings. The third-order valence-electron chi connectivity index (χ3n) is 2.86. The number of nitrogens with two attached hydrogens (primary N) is 1. The van der Waals surface area contributed by atoms with Crippen LogP contribution in [0, 0.1) is 10.1 Å². The first-order valence-corrected chi connectivity index (χ1v) is 7.48. The Hall–Kier alpha value is -2.84. The highest BCUT2D eigenvalue weighted by Crippen LogP contribution is 2.27. The maximum atomic E-state index is 11.6. The minimum absolute atomic E-state index is 0.0956. The van der Waals surface area contributed by atoms with Crippen LogP contribution >= 0.6 is 23.2 Å². The molecule has 0 heterocycles. The average Bonchev–Trinajstić information content (AvgIpc) is 2.59.